The summed E-state index contributed by atoms with van der Waals surface area (Å²) >= 11 is 25.9. The maximum Gasteiger partial charge on any atom is 0.235 e. The van der Waals surface area contributed by atoms with E-state index in [1.165, 1.54) is 0 Å². The summed E-state index contributed by atoms with van der Waals surface area (Å²) < 4.78 is 22.7. The molecule has 3 aromatic rings. The van der Waals surface area contributed by atoms with Crippen molar-refractivity contribution >= 4 is 46.4 Å². The highest BCUT2D eigenvalue weighted by atomic mass is 35.6. The Hall–Kier alpha value is -1.34. The van der Waals surface area contributed by atoms with Crippen LogP contribution >= 0.6 is 46.4 Å². The molecule has 0 aromatic heterocycles. The van der Waals surface area contributed by atoms with Crippen molar-refractivity contribution in [1.29, 1.82) is 0 Å². The molecule has 1 heterocycles. The molecule has 0 radical (unpaired) electrons. The normalized spacial score (nSPS) is 24.5. The molecule has 35 heavy (non-hydrogen) atoms. The third-order valence-electron chi connectivity index (χ3n) is 5.69. The highest BCUT2D eigenvalue weighted by molar-refractivity contribution is 6.70. The van der Waals surface area contributed by atoms with Crippen LogP contribution in [0, 0.1) is 0 Å². The Balaban J connectivity index is 1.54. The summed E-state index contributed by atoms with van der Waals surface area (Å²) in [5.41, 5.74) is 2.96. The predicted molar refractivity (Wildman–Crippen MR) is 140 cm³/mol. The molecule has 0 aliphatic carbocycles. The van der Waals surface area contributed by atoms with Gasteiger partial charge in [0.05, 0.1) is 26.4 Å². The second kappa shape index (κ2) is 12.3. The van der Waals surface area contributed by atoms with Gasteiger partial charge in [-0.05, 0) is 16.7 Å². The Labute approximate surface area is 225 Å². The second-order valence-electron chi connectivity index (χ2n) is 8.28. The number of alkyl halides is 4. The minimum atomic E-state index is -1.99. The van der Waals surface area contributed by atoms with Crippen LogP contribution in [0.3, 0.4) is 0 Å². The quantitative estimate of drug-likeness (QED) is 0.250. The van der Waals surface area contributed by atoms with Crippen molar-refractivity contribution in [2.24, 2.45) is 0 Å². The van der Waals surface area contributed by atoms with Crippen molar-refractivity contribution in [1.82, 2.24) is 0 Å². The van der Waals surface area contributed by atoms with Crippen molar-refractivity contribution in [3.8, 4) is 0 Å². The number of hydrogen-bond acceptors (Lipinski definition) is 4. The third-order valence-corrected chi connectivity index (χ3v) is 7.41. The lowest BCUT2D eigenvalue weighted by molar-refractivity contribution is -0.0903. The van der Waals surface area contributed by atoms with Crippen LogP contribution in [0.15, 0.2) is 91.0 Å². The van der Waals surface area contributed by atoms with Crippen LogP contribution in [-0.2, 0) is 38.8 Å². The van der Waals surface area contributed by atoms with Crippen LogP contribution in [0.5, 0.6) is 0 Å². The fourth-order valence-corrected chi connectivity index (χ4v) is 4.67. The molecule has 1 fully saturated rings. The van der Waals surface area contributed by atoms with Crippen LogP contribution in [0.4, 0.5) is 0 Å². The van der Waals surface area contributed by atoms with E-state index in [0.29, 0.717) is 13.2 Å². The van der Waals surface area contributed by atoms with Gasteiger partial charge >= 0.3 is 0 Å². The fourth-order valence-electron chi connectivity index (χ4n) is 3.91. The van der Waals surface area contributed by atoms with Crippen molar-refractivity contribution in [3.63, 3.8) is 0 Å². The van der Waals surface area contributed by atoms with Gasteiger partial charge in [-0.3, -0.25) is 0 Å². The van der Waals surface area contributed by atoms with Crippen molar-refractivity contribution < 1.29 is 18.9 Å². The van der Waals surface area contributed by atoms with E-state index in [1.54, 1.807) is 0 Å². The van der Waals surface area contributed by atoms with Gasteiger partial charge in [0.1, 0.15) is 18.3 Å². The topological polar surface area (TPSA) is 36.9 Å². The molecule has 186 valence electrons. The maximum absolute atomic E-state index is 6.87. The summed E-state index contributed by atoms with van der Waals surface area (Å²) in [7, 11) is 0. The summed E-state index contributed by atoms with van der Waals surface area (Å²) in [6.45, 7) is 1.12. The van der Waals surface area contributed by atoms with Crippen LogP contribution in [-0.4, -0.2) is 33.8 Å². The monoisotopic (exact) mass is 554 g/mol. The van der Waals surface area contributed by atoms with Crippen LogP contribution in [0.1, 0.15) is 16.7 Å². The SMILES string of the molecule is ClC(Cl)(Cl)[C@@]1(Cl)O[C@H](COCc2ccccc2)[C@@H](OCc2ccccc2)[C@@H]1OCc1ccccc1. The van der Waals surface area contributed by atoms with Gasteiger partial charge in [0.2, 0.25) is 8.85 Å². The average molecular weight is 556 g/mol. The zero-order valence-corrected chi connectivity index (χ0v) is 21.9. The molecule has 4 rings (SSSR count). The van der Waals surface area contributed by atoms with E-state index in [-0.39, 0.29) is 13.2 Å². The van der Waals surface area contributed by atoms with E-state index in [4.69, 9.17) is 65.4 Å². The summed E-state index contributed by atoms with van der Waals surface area (Å²) in [5.74, 6) is 0. The smallest absolute Gasteiger partial charge is 0.235 e. The van der Waals surface area contributed by atoms with Gasteiger partial charge in [-0.15, -0.1) is 0 Å². The maximum atomic E-state index is 6.87. The highest BCUT2D eigenvalue weighted by Crippen LogP contribution is 2.53. The van der Waals surface area contributed by atoms with Crippen molar-refractivity contribution in [3.05, 3.63) is 108 Å². The first-order valence-electron chi connectivity index (χ1n) is 11.2. The Morgan fingerprint density at radius 1 is 0.686 bits per heavy atom. The fraction of sp³-hybridized carbons (Fsp3) is 0.333. The first kappa shape index (κ1) is 26.7. The highest BCUT2D eigenvalue weighted by Gasteiger charge is 2.65. The minimum Gasteiger partial charge on any atom is -0.374 e. The number of ether oxygens (including phenoxy) is 4. The van der Waals surface area contributed by atoms with Gasteiger partial charge in [-0.25, -0.2) is 0 Å². The second-order valence-corrected chi connectivity index (χ2v) is 11.1. The molecule has 0 spiro atoms. The Morgan fingerprint density at radius 2 is 1.14 bits per heavy atom. The average Bonchev–Trinajstić information content (AvgIpc) is 3.15. The van der Waals surface area contributed by atoms with E-state index in [1.807, 2.05) is 91.0 Å². The Morgan fingerprint density at radius 3 is 1.63 bits per heavy atom. The van der Waals surface area contributed by atoms with Crippen molar-refractivity contribution in [2.45, 2.75) is 47.0 Å². The number of halogens is 4. The predicted octanol–water partition coefficient (Wildman–Crippen LogP) is 7.08. The first-order valence-corrected chi connectivity index (χ1v) is 12.7. The summed E-state index contributed by atoms with van der Waals surface area (Å²) in [4.78, 5) is 0. The molecule has 0 amide bonds. The van der Waals surface area contributed by atoms with Gasteiger partial charge < -0.3 is 18.9 Å². The van der Waals surface area contributed by atoms with Gasteiger partial charge in [0.25, 0.3) is 0 Å². The largest absolute Gasteiger partial charge is 0.374 e. The molecule has 0 bridgehead atoms. The molecule has 8 heteroatoms. The summed E-state index contributed by atoms with van der Waals surface area (Å²) in [6, 6.07) is 29.3. The van der Waals surface area contributed by atoms with E-state index in [2.05, 4.69) is 0 Å². The van der Waals surface area contributed by atoms with Crippen LogP contribution in [0.25, 0.3) is 0 Å². The zero-order valence-electron chi connectivity index (χ0n) is 18.9. The molecule has 0 saturated carbocycles. The minimum absolute atomic E-state index is 0.175. The van der Waals surface area contributed by atoms with E-state index < -0.39 is 27.2 Å². The molecule has 0 unspecified atom stereocenters. The lowest BCUT2D eigenvalue weighted by atomic mass is 10.1. The van der Waals surface area contributed by atoms with E-state index in [0.717, 1.165) is 16.7 Å². The van der Waals surface area contributed by atoms with Gasteiger partial charge in [0, 0.05) is 0 Å². The Kier molecular flexibility index (Phi) is 9.36. The summed E-state index contributed by atoms with van der Waals surface area (Å²) in [5, 5.41) is -1.78. The van der Waals surface area contributed by atoms with Crippen LogP contribution in [0.2, 0.25) is 0 Å². The zero-order chi connectivity index (χ0) is 24.7. The lowest BCUT2D eigenvalue weighted by Gasteiger charge is -2.34. The van der Waals surface area contributed by atoms with Crippen molar-refractivity contribution in [2.75, 3.05) is 6.61 Å². The number of hydrogen-bond donors (Lipinski definition) is 0. The molecule has 4 nitrogen and oxygen atoms in total. The third kappa shape index (κ3) is 6.91. The summed E-state index contributed by atoms with van der Waals surface area (Å²) in [6.07, 6.45) is -2.16. The molecule has 1 saturated heterocycles. The van der Waals surface area contributed by atoms with Gasteiger partial charge in [-0.2, -0.15) is 0 Å². The molecule has 1 aliphatic rings. The molecule has 4 atom stereocenters. The number of rotatable bonds is 10. The van der Waals surface area contributed by atoms with E-state index >= 15 is 0 Å². The van der Waals surface area contributed by atoms with E-state index in [9.17, 15) is 0 Å². The van der Waals surface area contributed by atoms with Gasteiger partial charge in [0.15, 0.2) is 0 Å². The Bertz CT molecular complexity index is 1030. The first-order chi connectivity index (χ1) is 16.9. The lowest BCUT2D eigenvalue weighted by Crippen LogP contribution is -2.50. The van der Waals surface area contributed by atoms with Crippen LogP contribution < -0.4 is 0 Å². The molecular weight excluding hydrogens is 530 g/mol. The molecular formula is C27H26Cl4O4. The molecule has 0 N–H and O–H groups in total. The standard InChI is InChI=1S/C27H26Cl4O4/c28-26(27(29,30)31)25(34-18-22-14-8-3-9-15-22)24(33-17-21-12-6-2-7-13-21)23(35-26)19-32-16-20-10-4-1-5-11-20/h1-15,23-25H,16-19H2/t23-,24-,25+,26+/m1/s1. The molecule has 3 aromatic carbocycles. The number of benzene rings is 3. The molecule has 1 aliphatic heterocycles. The van der Waals surface area contributed by atoms with Gasteiger partial charge in [-0.1, -0.05) is 137 Å².